The summed E-state index contributed by atoms with van der Waals surface area (Å²) in [4.78, 5) is 36.7. The molecule has 9 heteroatoms. The molecule has 0 aliphatic heterocycles. The summed E-state index contributed by atoms with van der Waals surface area (Å²) in [7, 11) is 0. The van der Waals surface area contributed by atoms with Crippen LogP contribution in [0.1, 0.15) is 20.7 Å². The fourth-order valence-corrected chi connectivity index (χ4v) is 6.55. The normalized spacial score (nSPS) is 11.0. The second-order valence-corrected chi connectivity index (χ2v) is 13.0. The molecule has 2 aromatic heterocycles. The second-order valence-electron chi connectivity index (χ2n) is 12.2. The summed E-state index contributed by atoms with van der Waals surface area (Å²) in [5.74, 6) is 0.599. The van der Waals surface area contributed by atoms with Crippen LogP contribution in [-0.2, 0) is 0 Å². The fraction of sp³-hybridized carbons (Fsp3) is 0. The van der Waals surface area contributed by atoms with Gasteiger partial charge in [-0.2, -0.15) is 0 Å². The van der Waals surface area contributed by atoms with E-state index in [0.717, 1.165) is 21.9 Å². The number of nitrogens with one attached hydrogen (secondary N) is 2. The molecule has 2 heterocycles. The summed E-state index contributed by atoms with van der Waals surface area (Å²) in [6.07, 6.45) is 0. The molecule has 0 saturated carbocycles. The molecule has 8 rings (SSSR count). The number of aromatic nitrogens is 2. The molecular weight excluding hydrogens is 703 g/mol. The Morgan fingerprint density at radius 3 is 1.26 bits per heavy atom. The Balaban J connectivity index is 0.955. The molecular formula is C44H28Cl2N4O3. The highest BCUT2D eigenvalue weighted by Crippen LogP contribution is 2.32. The number of ether oxygens (including phenoxy) is 1. The van der Waals surface area contributed by atoms with Gasteiger partial charge in [-0.1, -0.05) is 96.0 Å². The number of fused-ring (bicyclic) bond motifs is 2. The first-order valence-electron chi connectivity index (χ1n) is 16.7. The number of carbonyl (C=O) groups is 2. The lowest BCUT2D eigenvalue weighted by atomic mass is 10.0. The SMILES string of the molecule is O=C(Nc1ccc(Oc2ccc(NC(=O)c3cc(-c4ccccc4Cl)nc4ccccc34)cc2)cc1)c1cc(-c2ccccc2Cl)nc2ccccc12. The van der Waals surface area contributed by atoms with Crippen molar-refractivity contribution in [3.63, 3.8) is 0 Å². The van der Waals surface area contributed by atoms with Crippen LogP contribution in [0.3, 0.4) is 0 Å². The van der Waals surface area contributed by atoms with Crippen molar-refractivity contribution in [2.24, 2.45) is 0 Å². The van der Waals surface area contributed by atoms with Crippen LogP contribution in [0.15, 0.2) is 158 Å². The van der Waals surface area contributed by atoms with Gasteiger partial charge in [0.05, 0.1) is 33.5 Å². The van der Waals surface area contributed by atoms with Crippen molar-refractivity contribution in [3.8, 4) is 34.0 Å². The number of hydrogen-bond acceptors (Lipinski definition) is 5. The minimum atomic E-state index is -0.275. The molecule has 6 aromatic carbocycles. The lowest BCUT2D eigenvalue weighted by Gasteiger charge is -2.13. The van der Waals surface area contributed by atoms with Crippen LogP contribution in [0.5, 0.6) is 11.5 Å². The number of anilines is 2. The Bertz CT molecular complexity index is 2480. The van der Waals surface area contributed by atoms with Crippen LogP contribution in [0.4, 0.5) is 11.4 Å². The molecule has 0 atom stereocenters. The lowest BCUT2D eigenvalue weighted by molar-refractivity contribution is 0.102. The van der Waals surface area contributed by atoms with E-state index in [9.17, 15) is 9.59 Å². The van der Waals surface area contributed by atoms with Gasteiger partial charge in [-0.3, -0.25) is 9.59 Å². The Labute approximate surface area is 314 Å². The van der Waals surface area contributed by atoms with E-state index >= 15 is 0 Å². The van der Waals surface area contributed by atoms with Gasteiger partial charge in [-0.15, -0.1) is 0 Å². The summed E-state index contributed by atoms with van der Waals surface area (Å²) in [5, 5.41) is 8.56. The van der Waals surface area contributed by atoms with Gasteiger partial charge < -0.3 is 15.4 Å². The number of hydrogen-bond donors (Lipinski definition) is 2. The van der Waals surface area contributed by atoms with Crippen LogP contribution in [0, 0.1) is 0 Å². The number of nitrogens with zero attached hydrogens (tertiary/aromatic N) is 2. The molecule has 2 amide bonds. The van der Waals surface area contributed by atoms with E-state index in [4.69, 9.17) is 37.9 Å². The van der Waals surface area contributed by atoms with Gasteiger partial charge in [-0.25, -0.2) is 9.97 Å². The van der Waals surface area contributed by atoms with E-state index in [0.29, 0.717) is 66.5 Å². The maximum Gasteiger partial charge on any atom is 0.256 e. The number of pyridine rings is 2. The third-order valence-corrected chi connectivity index (χ3v) is 9.34. The molecule has 0 unspecified atom stereocenters. The fourth-order valence-electron chi connectivity index (χ4n) is 6.09. The van der Waals surface area contributed by atoms with Crippen LogP contribution in [-0.4, -0.2) is 21.8 Å². The monoisotopic (exact) mass is 730 g/mol. The highest BCUT2D eigenvalue weighted by molar-refractivity contribution is 6.33. The zero-order valence-electron chi connectivity index (χ0n) is 27.9. The Morgan fingerprint density at radius 2 is 0.849 bits per heavy atom. The molecule has 256 valence electrons. The highest BCUT2D eigenvalue weighted by atomic mass is 35.5. The van der Waals surface area contributed by atoms with Gasteiger partial charge in [0, 0.05) is 43.3 Å². The van der Waals surface area contributed by atoms with E-state index in [-0.39, 0.29) is 11.8 Å². The van der Waals surface area contributed by atoms with Gasteiger partial charge in [0.25, 0.3) is 11.8 Å². The Hall–Kier alpha value is -6.54. The predicted octanol–water partition coefficient (Wildman–Crippen LogP) is 11.7. The van der Waals surface area contributed by atoms with E-state index in [1.165, 1.54) is 0 Å². The molecule has 2 N–H and O–H groups in total. The summed E-state index contributed by atoms with van der Waals surface area (Å²) in [6.45, 7) is 0. The van der Waals surface area contributed by atoms with Crippen molar-refractivity contribution in [1.82, 2.24) is 9.97 Å². The van der Waals surface area contributed by atoms with Crippen molar-refractivity contribution < 1.29 is 14.3 Å². The van der Waals surface area contributed by atoms with Crippen molar-refractivity contribution in [2.75, 3.05) is 10.6 Å². The van der Waals surface area contributed by atoms with Gasteiger partial charge in [-0.05, 0) is 84.9 Å². The molecule has 0 spiro atoms. The van der Waals surface area contributed by atoms with E-state index < -0.39 is 0 Å². The topological polar surface area (TPSA) is 93.2 Å². The van der Waals surface area contributed by atoms with Crippen LogP contribution in [0.2, 0.25) is 10.0 Å². The summed E-state index contributed by atoms with van der Waals surface area (Å²) in [5.41, 5.74) is 6.27. The van der Waals surface area contributed by atoms with Gasteiger partial charge >= 0.3 is 0 Å². The Morgan fingerprint density at radius 1 is 0.472 bits per heavy atom. The molecule has 0 aliphatic rings. The third-order valence-electron chi connectivity index (χ3n) is 8.68. The summed E-state index contributed by atoms with van der Waals surface area (Å²) in [6, 6.07) is 47.6. The number of carbonyl (C=O) groups excluding carboxylic acids is 2. The van der Waals surface area contributed by atoms with E-state index in [1.807, 2.05) is 84.9 Å². The number of halogens is 2. The maximum absolute atomic E-state index is 13.6. The van der Waals surface area contributed by atoms with Crippen LogP contribution >= 0.6 is 23.2 Å². The van der Waals surface area contributed by atoms with Crippen molar-refractivity contribution >= 4 is 68.2 Å². The average Bonchev–Trinajstić information content (AvgIpc) is 3.19. The first-order valence-corrected chi connectivity index (χ1v) is 17.5. The van der Waals surface area contributed by atoms with Crippen molar-refractivity contribution in [3.05, 3.63) is 179 Å². The first kappa shape index (κ1) is 33.6. The standard InChI is InChI=1S/C44H28Cl2N4O3/c45-37-13-5-1-11-33(37)41-25-35(31-9-3-7-15-39(31)49-41)43(51)47-27-17-21-29(22-18-27)53-30-23-19-28(20-24-30)48-44(52)36-26-42(34-12-2-6-14-38(34)46)50-40-16-8-4-10-32(36)40/h1-26H,(H,47,51)(H,48,52). The largest absolute Gasteiger partial charge is 0.457 e. The maximum atomic E-state index is 13.6. The smallest absolute Gasteiger partial charge is 0.256 e. The minimum Gasteiger partial charge on any atom is -0.457 e. The van der Waals surface area contributed by atoms with E-state index in [2.05, 4.69) is 10.6 Å². The van der Waals surface area contributed by atoms with Crippen molar-refractivity contribution in [1.29, 1.82) is 0 Å². The quantitative estimate of drug-likeness (QED) is 0.162. The number of rotatable bonds is 8. The first-order chi connectivity index (χ1) is 25.9. The van der Waals surface area contributed by atoms with Crippen molar-refractivity contribution in [2.45, 2.75) is 0 Å². The summed E-state index contributed by atoms with van der Waals surface area (Å²) >= 11 is 12.9. The number of benzene rings is 6. The Kier molecular flexibility index (Phi) is 9.25. The zero-order chi connectivity index (χ0) is 36.3. The van der Waals surface area contributed by atoms with E-state index in [1.54, 1.807) is 72.8 Å². The molecule has 53 heavy (non-hydrogen) atoms. The molecule has 0 saturated heterocycles. The van der Waals surface area contributed by atoms with Gasteiger partial charge in [0.1, 0.15) is 11.5 Å². The lowest BCUT2D eigenvalue weighted by Crippen LogP contribution is -2.13. The number of amides is 2. The molecule has 0 aliphatic carbocycles. The molecule has 8 aromatic rings. The molecule has 0 radical (unpaired) electrons. The van der Waals surface area contributed by atoms with Gasteiger partial charge in [0.2, 0.25) is 0 Å². The number of para-hydroxylation sites is 2. The van der Waals surface area contributed by atoms with Crippen LogP contribution < -0.4 is 15.4 Å². The van der Waals surface area contributed by atoms with Gasteiger partial charge in [0.15, 0.2) is 0 Å². The minimum absolute atomic E-state index is 0.275. The predicted molar refractivity (Wildman–Crippen MR) is 213 cm³/mol. The summed E-state index contributed by atoms with van der Waals surface area (Å²) < 4.78 is 6.07. The third kappa shape index (κ3) is 7.17. The zero-order valence-corrected chi connectivity index (χ0v) is 29.4. The molecule has 7 nitrogen and oxygen atoms in total. The molecule has 0 fully saturated rings. The average molecular weight is 732 g/mol. The highest BCUT2D eigenvalue weighted by Gasteiger charge is 2.17. The van der Waals surface area contributed by atoms with Crippen LogP contribution in [0.25, 0.3) is 44.3 Å². The molecule has 0 bridgehead atoms. The second kappa shape index (κ2) is 14.6.